The molecule has 22 heavy (non-hydrogen) atoms. The first-order valence-corrected chi connectivity index (χ1v) is 7.32. The fourth-order valence-corrected chi connectivity index (χ4v) is 2.37. The van der Waals surface area contributed by atoms with Crippen LogP contribution in [0, 0.1) is 0 Å². The summed E-state index contributed by atoms with van der Waals surface area (Å²) in [5, 5.41) is 12.8. The van der Waals surface area contributed by atoms with Gasteiger partial charge in [-0.25, -0.2) is 0 Å². The number of hydrogen-bond acceptors (Lipinski definition) is 3. The Kier molecular flexibility index (Phi) is 5.81. The summed E-state index contributed by atoms with van der Waals surface area (Å²) in [7, 11) is 1.48. The van der Waals surface area contributed by atoms with Crippen molar-refractivity contribution in [2.45, 2.75) is 12.5 Å². The zero-order chi connectivity index (χ0) is 15.9. The van der Waals surface area contributed by atoms with E-state index in [0.29, 0.717) is 23.6 Å². The van der Waals surface area contributed by atoms with E-state index in [4.69, 9.17) is 16.3 Å². The number of nitrogens with one attached hydrogen (secondary N) is 1. The average molecular weight is 320 g/mol. The van der Waals surface area contributed by atoms with E-state index in [1.54, 1.807) is 12.1 Å². The minimum Gasteiger partial charge on any atom is -0.508 e. The van der Waals surface area contributed by atoms with E-state index >= 15 is 0 Å². The number of ether oxygens (including phenoxy) is 1. The lowest BCUT2D eigenvalue weighted by atomic mass is 10.1. The summed E-state index contributed by atoms with van der Waals surface area (Å²) in [6.07, 6.45) is -0.00171. The molecule has 0 bridgehead atoms. The number of phenolic OH excluding ortho intramolecular Hbond substituents is 1. The van der Waals surface area contributed by atoms with Crippen LogP contribution in [0.5, 0.6) is 5.75 Å². The predicted octanol–water partition coefficient (Wildman–Crippen LogP) is 3.09. The van der Waals surface area contributed by atoms with E-state index < -0.39 is 6.10 Å². The fourth-order valence-electron chi connectivity index (χ4n) is 2.16. The van der Waals surface area contributed by atoms with Crippen molar-refractivity contribution in [1.82, 2.24) is 5.32 Å². The second kappa shape index (κ2) is 7.82. The van der Waals surface area contributed by atoms with Crippen LogP contribution >= 0.6 is 11.6 Å². The van der Waals surface area contributed by atoms with Gasteiger partial charge in [0.05, 0.1) is 0 Å². The molecule has 0 aliphatic carbocycles. The molecule has 2 aromatic rings. The van der Waals surface area contributed by atoms with Crippen molar-refractivity contribution in [3.8, 4) is 5.75 Å². The van der Waals surface area contributed by atoms with Gasteiger partial charge in [-0.2, -0.15) is 0 Å². The molecule has 5 heteroatoms. The van der Waals surface area contributed by atoms with Crippen LogP contribution in [0.15, 0.2) is 48.5 Å². The van der Waals surface area contributed by atoms with Gasteiger partial charge in [0, 0.05) is 18.7 Å². The monoisotopic (exact) mass is 319 g/mol. The van der Waals surface area contributed by atoms with Gasteiger partial charge in [0.25, 0.3) is 5.91 Å². The molecule has 1 atom stereocenters. The molecule has 116 valence electrons. The third-order valence-electron chi connectivity index (χ3n) is 3.27. The molecule has 0 unspecified atom stereocenters. The van der Waals surface area contributed by atoms with Crippen molar-refractivity contribution in [2.75, 3.05) is 13.7 Å². The van der Waals surface area contributed by atoms with Gasteiger partial charge in [-0.15, -0.1) is 0 Å². The lowest BCUT2D eigenvalue weighted by Crippen LogP contribution is -2.31. The maximum absolute atomic E-state index is 12.2. The summed E-state index contributed by atoms with van der Waals surface area (Å²) < 4.78 is 5.25. The molecule has 2 aromatic carbocycles. The van der Waals surface area contributed by atoms with Gasteiger partial charge in [-0.3, -0.25) is 4.79 Å². The Morgan fingerprint density at radius 3 is 2.64 bits per heavy atom. The van der Waals surface area contributed by atoms with Crippen LogP contribution in [-0.2, 0) is 16.0 Å². The molecule has 2 N–H and O–H groups in total. The van der Waals surface area contributed by atoms with E-state index in [0.717, 1.165) is 5.56 Å². The number of methoxy groups -OCH3 is 1. The third kappa shape index (κ3) is 4.48. The molecule has 0 aliphatic heterocycles. The Morgan fingerprint density at radius 1 is 1.27 bits per heavy atom. The smallest absolute Gasteiger partial charge is 0.253 e. The number of aromatic hydroxyl groups is 1. The highest BCUT2D eigenvalue weighted by molar-refractivity contribution is 6.30. The molecule has 0 heterocycles. The molecule has 0 spiro atoms. The minimum absolute atomic E-state index is 0.153. The quantitative estimate of drug-likeness (QED) is 0.860. The van der Waals surface area contributed by atoms with Crippen molar-refractivity contribution >= 4 is 17.5 Å². The molecule has 0 radical (unpaired) electrons. The predicted molar refractivity (Wildman–Crippen MR) is 86.0 cm³/mol. The molecular formula is C17H18ClNO3. The number of rotatable bonds is 6. The van der Waals surface area contributed by atoms with Crippen LogP contribution < -0.4 is 5.32 Å². The average Bonchev–Trinajstić information content (AvgIpc) is 2.50. The number of hydrogen-bond donors (Lipinski definition) is 2. The number of amides is 1. The van der Waals surface area contributed by atoms with E-state index in [-0.39, 0.29) is 11.7 Å². The highest BCUT2D eigenvalue weighted by Gasteiger charge is 2.19. The molecule has 0 aromatic heterocycles. The number of carbonyl (C=O) groups excluding carboxylic acids is 1. The minimum atomic E-state index is -0.694. The highest BCUT2D eigenvalue weighted by atomic mass is 35.5. The summed E-state index contributed by atoms with van der Waals surface area (Å²) >= 11 is 5.92. The Labute approximate surface area is 134 Å². The summed E-state index contributed by atoms with van der Waals surface area (Å²) in [5.41, 5.74) is 1.76. The zero-order valence-corrected chi connectivity index (χ0v) is 13.0. The van der Waals surface area contributed by atoms with Crippen LogP contribution in [0.2, 0.25) is 5.02 Å². The molecule has 0 saturated heterocycles. The third-order valence-corrected chi connectivity index (χ3v) is 3.51. The Morgan fingerprint density at radius 2 is 2.00 bits per heavy atom. The molecule has 2 rings (SSSR count). The van der Waals surface area contributed by atoms with Gasteiger partial charge in [0.2, 0.25) is 0 Å². The van der Waals surface area contributed by atoms with Crippen molar-refractivity contribution < 1.29 is 14.6 Å². The van der Waals surface area contributed by atoms with Crippen LogP contribution in [0.4, 0.5) is 0 Å². The van der Waals surface area contributed by atoms with Gasteiger partial charge in [0.15, 0.2) is 6.10 Å². The first-order chi connectivity index (χ1) is 10.6. The van der Waals surface area contributed by atoms with E-state index in [2.05, 4.69) is 5.32 Å². The Hall–Kier alpha value is -2.04. The van der Waals surface area contributed by atoms with Crippen molar-refractivity contribution in [3.05, 3.63) is 64.7 Å². The number of carbonyl (C=O) groups is 1. The molecule has 0 saturated carbocycles. The second-order valence-electron chi connectivity index (χ2n) is 4.88. The SMILES string of the molecule is CO[C@@H](C(=O)NCCc1cccc(Cl)c1)c1ccc(O)cc1. The van der Waals surface area contributed by atoms with Gasteiger partial charge in [-0.1, -0.05) is 35.9 Å². The standard InChI is InChI=1S/C17H18ClNO3/c1-22-16(13-5-7-15(20)8-6-13)17(21)19-10-9-12-3-2-4-14(18)11-12/h2-8,11,16,20H,9-10H2,1H3,(H,19,21)/t16-/m1/s1. The molecule has 4 nitrogen and oxygen atoms in total. The van der Waals surface area contributed by atoms with E-state index in [1.807, 2.05) is 24.3 Å². The normalized spacial score (nSPS) is 11.9. The lowest BCUT2D eigenvalue weighted by molar-refractivity contribution is -0.131. The first-order valence-electron chi connectivity index (χ1n) is 6.94. The largest absolute Gasteiger partial charge is 0.508 e. The maximum atomic E-state index is 12.2. The fraction of sp³-hybridized carbons (Fsp3) is 0.235. The van der Waals surface area contributed by atoms with Crippen LogP contribution in [0.1, 0.15) is 17.2 Å². The molecule has 0 fully saturated rings. The van der Waals surface area contributed by atoms with Gasteiger partial charge in [-0.05, 0) is 41.8 Å². The van der Waals surface area contributed by atoms with Crippen molar-refractivity contribution in [2.24, 2.45) is 0 Å². The lowest BCUT2D eigenvalue weighted by Gasteiger charge is -2.15. The number of benzene rings is 2. The highest BCUT2D eigenvalue weighted by Crippen LogP contribution is 2.19. The van der Waals surface area contributed by atoms with Gasteiger partial charge >= 0.3 is 0 Å². The second-order valence-corrected chi connectivity index (χ2v) is 5.31. The van der Waals surface area contributed by atoms with Crippen LogP contribution in [0.25, 0.3) is 0 Å². The first kappa shape index (κ1) is 16.3. The van der Waals surface area contributed by atoms with Crippen LogP contribution in [-0.4, -0.2) is 24.7 Å². The Bertz CT molecular complexity index is 628. The molecule has 1 amide bonds. The summed E-state index contributed by atoms with van der Waals surface area (Å²) in [5.74, 6) is -0.0600. The molecule has 0 aliphatic rings. The Balaban J connectivity index is 1.91. The summed E-state index contributed by atoms with van der Waals surface area (Å²) in [4.78, 5) is 12.2. The summed E-state index contributed by atoms with van der Waals surface area (Å²) in [6, 6.07) is 13.9. The maximum Gasteiger partial charge on any atom is 0.253 e. The topological polar surface area (TPSA) is 58.6 Å². The zero-order valence-electron chi connectivity index (χ0n) is 12.3. The van der Waals surface area contributed by atoms with E-state index in [1.165, 1.54) is 19.2 Å². The number of phenols is 1. The van der Waals surface area contributed by atoms with Gasteiger partial charge in [0.1, 0.15) is 5.75 Å². The van der Waals surface area contributed by atoms with Crippen molar-refractivity contribution in [1.29, 1.82) is 0 Å². The van der Waals surface area contributed by atoms with Crippen LogP contribution in [0.3, 0.4) is 0 Å². The summed E-state index contributed by atoms with van der Waals surface area (Å²) in [6.45, 7) is 0.497. The van der Waals surface area contributed by atoms with Gasteiger partial charge < -0.3 is 15.2 Å². The number of halogens is 1. The molecular weight excluding hydrogens is 302 g/mol. The van der Waals surface area contributed by atoms with E-state index in [9.17, 15) is 9.90 Å². The van der Waals surface area contributed by atoms with Crippen molar-refractivity contribution in [3.63, 3.8) is 0 Å².